The van der Waals surface area contributed by atoms with Crippen molar-refractivity contribution in [3.8, 4) is 0 Å². The molecule has 166 valence electrons. The number of rotatable bonds is 10. The van der Waals surface area contributed by atoms with Gasteiger partial charge in [-0.25, -0.2) is 0 Å². The molecule has 2 aromatic rings. The summed E-state index contributed by atoms with van der Waals surface area (Å²) in [5.41, 5.74) is 2.42. The van der Waals surface area contributed by atoms with Gasteiger partial charge in [0.2, 0.25) is 5.91 Å². The largest absolute Gasteiger partial charge is 0.376 e. The highest BCUT2D eigenvalue weighted by molar-refractivity contribution is 5.98. The van der Waals surface area contributed by atoms with Crippen molar-refractivity contribution in [1.29, 1.82) is 0 Å². The van der Waals surface area contributed by atoms with E-state index in [0.29, 0.717) is 29.9 Å². The Kier molecular flexibility index (Phi) is 9.06. The van der Waals surface area contributed by atoms with Crippen LogP contribution in [-0.4, -0.2) is 48.3 Å². The van der Waals surface area contributed by atoms with Crippen LogP contribution in [0.5, 0.6) is 0 Å². The van der Waals surface area contributed by atoms with E-state index >= 15 is 0 Å². The van der Waals surface area contributed by atoms with Crippen LogP contribution in [0, 0.1) is 0 Å². The quantitative estimate of drug-likeness (QED) is 0.542. The number of benzene rings is 2. The molecule has 1 unspecified atom stereocenters. The van der Waals surface area contributed by atoms with Crippen LogP contribution in [-0.2, 0) is 4.79 Å². The van der Waals surface area contributed by atoms with Crippen LogP contribution >= 0.6 is 0 Å². The first kappa shape index (κ1) is 23.9. The second-order valence-electron chi connectivity index (χ2n) is 7.32. The maximum Gasteiger partial charge on any atom is 0.253 e. The number of anilines is 2. The van der Waals surface area contributed by atoms with Crippen LogP contribution in [0.25, 0.3) is 0 Å². The number of hydrogen-bond donors (Lipinski definition) is 3. The molecule has 0 saturated carbocycles. The lowest BCUT2D eigenvalue weighted by molar-refractivity contribution is -0.114. The molecule has 1 atom stereocenters. The van der Waals surface area contributed by atoms with Gasteiger partial charge in [0.1, 0.15) is 0 Å². The van der Waals surface area contributed by atoms with Crippen LogP contribution < -0.4 is 16.0 Å². The van der Waals surface area contributed by atoms with E-state index in [0.717, 1.165) is 12.1 Å². The zero-order valence-corrected chi connectivity index (χ0v) is 18.7. The molecule has 0 saturated heterocycles. The van der Waals surface area contributed by atoms with Crippen LogP contribution in [0.4, 0.5) is 11.4 Å². The maximum atomic E-state index is 12.4. The van der Waals surface area contributed by atoms with Gasteiger partial charge in [-0.2, -0.15) is 0 Å². The summed E-state index contributed by atoms with van der Waals surface area (Å²) in [4.78, 5) is 38.7. The highest BCUT2D eigenvalue weighted by Gasteiger charge is 2.12. The fraction of sp³-hybridized carbons (Fsp3) is 0.375. The number of nitrogens with zero attached hydrogens (tertiary/aromatic N) is 1. The summed E-state index contributed by atoms with van der Waals surface area (Å²) in [5, 5.41) is 8.74. The van der Waals surface area contributed by atoms with Crippen molar-refractivity contribution in [2.45, 2.75) is 40.2 Å². The van der Waals surface area contributed by atoms with Gasteiger partial charge in [0.15, 0.2) is 0 Å². The average molecular weight is 425 g/mol. The summed E-state index contributed by atoms with van der Waals surface area (Å²) in [6, 6.07) is 14.0. The standard InChI is InChI=1S/C24H32N4O3/c1-5-17(4)26-23(30)19-9-8-10-21(15-19)27-22(29)16-25-20-13-11-18(12-14-20)24(31)28(6-2)7-3/h8-15,17,25H,5-7,16H2,1-4H3,(H,26,30)(H,27,29). The Balaban J connectivity index is 1.90. The molecule has 0 aliphatic rings. The number of nitrogens with one attached hydrogen (secondary N) is 3. The third-order valence-electron chi connectivity index (χ3n) is 5.03. The van der Waals surface area contributed by atoms with Gasteiger partial charge in [0, 0.05) is 41.6 Å². The van der Waals surface area contributed by atoms with Gasteiger partial charge in [-0.1, -0.05) is 13.0 Å². The first-order chi connectivity index (χ1) is 14.9. The molecule has 3 amide bonds. The van der Waals surface area contributed by atoms with Crippen molar-refractivity contribution in [1.82, 2.24) is 10.2 Å². The van der Waals surface area contributed by atoms with E-state index < -0.39 is 0 Å². The molecule has 0 aliphatic carbocycles. The fourth-order valence-corrected chi connectivity index (χ4v) is 2.96. The third kappa shape index (κ3) is 7.13. The van der Waals surface area contributed by atoms with Crippen LogP contribution in [0.3, 0.4) is 0 Å². The van der Waals surface area contributed by atoms with Gasteiger partial charge in [-0.3, -0.25) is 14.4 Å². The molecule has 7 nitrogen and oxygen atoms in total. The van der Waals surface area contributed by atoms with E-state index in [2.05, 4.69) is 16.0 Å². The van der Waals surface area contributed by atoms with E-state index in [-0.39, 0.29) is 30.3 Å². The Bertz CT molecular complexity index is 892. The van der Waals surface area contributed by atoms with Crippen LogP contribution in [0.1, 0.15) is 54.8 Å². The second kappa shape index (κ2) is 11.7. The van der Waals surface area contributed by atoms with Gasteiger partial charge >= 0.3 is 0 Å². The number of carbonyl (C=O) groups is 3. The Morgan fingerprint density at radius 1 is 0.903 bits per heavy atom. The molecular weight excluding hydrogens is 392 g/mol. The summed E-state index contributed by atoms with van der Waals surface area (Å²) < 4.78 is 0. The molecule has 0 spiro atoms. The predicted octanol–water partition coefficient (Wildman–Crippen LogP) is 3.75. The van der Waals surface area contributed by atoms with Crippen LogP contribution in [0.2, 0.25) is 0 Å². The van der Waals surface area contributed by atoms with Gasteiger partial charge < -0.3 is 20.9 Å². The van der Waals surface area contributed by atoms with Crippen molar-refractivity contribution in [2.24, 2.45) is 0 Å². The Morgan fingerprint density at radius 3 is 2.19 bits per heavy atom. The van der Waals surface area contributed by atoms with Crippen LogP contribution in [0.15, 0.2) is 48.5 Å². The Hall–Kier alpha value is -3.35. The molecule has 7 heteroatoms. The zero-order chi connectivity index (χ0) is 22.8. The van der Waals surface area contributed by atoms with Gasteiger partial charge in [-0.15, -0.1) is 0 Å². The SMILES string of the molecule is CCC(C)NC(=O)c1cccc(NC(=O)CNc2ccc(C(=O)N(CC)CC)cc2)c1. The van der Waals surface area contributed by atoms with Gasteiger partial charge in [0.25, 0.3) is 11.8 Å². The lowest BCUT2D eigenvalue weighted by atomic mass is 10.1. The summed E-state index contributed by atoms with van der Waals surface area (Å²) in [7, 11) is 0. The first-order valence-electron chi connectivity index (χ1n) is 10.7. The van der Waals surface area contributed by atoms with E-state index in [4.69, 9.17) is 0 Å². The molecule has 0 fully saturated rings. The number of carbonyl (C=O) groups excluding carboxylic acids is 3. The van der Waals surface area contributed by atoms with Gasteiger partial charge in [0.05, 0.1) is 6.54 Å². The average Bonchev–Trinajstić information content (AvgIpc) is 2.78. The summed E-state index contributed by atoms with van der Waals surface area (Å²) >= 11 is 0. The molecule has 0 heterocycles. The summed E-state index contributed by atoms with van der Waals surface area (Å²) in [6.07, 6.45) is 0.846. The monoisotopic (exact) mass is 424 g/mol. The van der Waals surface area contributed by atoms with Crippen molar-refractivity contribution < 1.29 is 14.4 Å². The molecule has 0 aliphatic heterocycles. The minimum absolute atomic E-state index is 0.00783. The highest BCUT2D eigenvalue weighted by atomic mass is 16.2. The van der Waals surface area contributed by atoms with Gasteiger partial charge in [-0.05, 0) is 69.7 Å². The van der Waals surface area contributed by atoms with Crippen molar-refractivity contribution in [3.63, 3.8) is 0 Å². The lowest BCUT2D eigenvalue weighted by Crippen LogP contribution is -2.32. The molecule has 0 aromatic heterocycles. The third-order valence-corrected chi connectivity index (χ3v) is 5.03. The topological polar surface area (TPSA) is 90.5 Å². The molecular formula is C24H32N4O3. The minimum Gasteiger partial charge on any atom is -0.376 e. The van der Waals surface area contributed by atoms with Crippen molar-refractivity contribution in [2.75, 3.05) is 30.3 Å². The zero-order valence-electron chi connectivity index (χ0n) is 18.7. The second-order valence-corrected chi connectivity index (χ2v) is 7.32. The minimum atomic E-state index is -0.234. The lowest BCUT2D eigenvalue weighted by Gasteiger charge is -2.18. The maximum absolute atomic E-state index is 12.4. The van der Waals surface area contributed by atoms with Crippen molar-refractivity contribution in [3.05, 3.63) is 59.7 Å². The first-order valence-corrected chi connectivity index (χ1v) is 10.7. The Labute approximate surface area is 184 Å². The number of hydrogen-bond acceptors (Lipinski definition) is 4. The molecule has 2 aromatic carbocycles. The Morgan fingerprint density at radius 2 is 1.58 bits per heavy atom. The molecule has 2 rings (SSSR count). The summed E-state index contributed by atoms with van der Waals surface area (Å²) in [5.74, 6) is -0.405. The van der Waals surface area contributed by atoms with E-state index in [1.807, 2.05) is 27.7 Å². The smallest absolute Gasteiger partial charge is 0.253 e. The highest BCUT2D eigenvalue weighted by Crippen LogP contribution is 2.13. The van der Waals surface area contributed by atoms with E-state index in [1.165, 1.54) is 0 Å². The molecule has 0 radical (unpaired) electrons. The summed E-state index contributed by atoms with van der Waals surface area (Å²) in [6.45, 7) is 9.23. The number of amides is 3. The molecule has 0 bridgehead atoms. The normalized spacial score (nSPS) is 11.4. The fourth-order valence-electron chi connectivity index (χ4n) is 2.96. The molecule has 31 heavy (non-hydrogen) atoms. The molecule has 3 N–H and O–H groups in total. The predicted molar refractivity (Wildman–Crippen MR) is 124 cm³/mol. The van der Waals surface area contributed by atoms with Crippen molar-refractivity contribution >= 4 is 29.1 Å². The van der Waals surface area contributed by atoms with E-state index in [9.17, 15) is 14.4 Å². The van der Waals surface area contributed by atoms with E-state index in [1.54, 1.807) is 53.4 Å².